The van der Waals surface area contributed by atoms with Gasteiger partial charge in [-0.2, -0.15) is 8.42 Å². The molecule has 2 amide bonds. The Morgan fingerprint density at radius 1 is 1.03 bits per heavy atom. The highest BCUT2D eigenvalue weighted by Gasteiger charge is 2.35. The van der Waals surface area contributed by atoms with E-state index in [1.54, 1.807) is 6.08 Å². The largest absolute Gasteiger partial charge is 0.379 e. The molecule has 1 aliphatic rings. The van der Waals surface area contributed by atoms with E-state index in [1.165, 1.54) is 47.4 Å². The van der Waals surface area contributed by atoms with E-state index >= 15 is 0 Å². The Kier molecular flexibility index (Phi) is 6.72. The zero-order chi connectivity index (χ0) is 25.2. The fraction of sp³-hybridized carbons (Fsp3) is 0.0833. The number of rotatable bonds is 7. The van der Waals surface area contributed by atoms with Crippen molar-refractivity contribution in [2.24, 2.45) is 0 Å². The number of imide groups is 1. The number of benzene rings is 3. The van der Waals surface area contributed by atoms with Crippen molar-refractivity contribution >= 4 is 44.8 Å². The molecule has 0 aromatic heterocycles. The predicted molar refractivity (Wildman–Crippen MR) is 130 cm³/mol. The second-order valence-corrected chi connectivity index (χ2v) is 10.1. The van der Waals surface area contributed by atoms with Gasteiger partial charge in [0.25, 0.3) is 16.8 Å². The van der Waals surface area contributed by atoms with E-state index in [0.29, 0.717) is 5.56 Å². The summed E-state index contributed by atoms with van der Waals surface area (Å²) < 4.78 is 30.0. The number of nitro benzene ring substituents is 1. The molecular weight excluding hydrogens is 492 g/mol. The maximum Gasteiger partial charge on any atom is 0.339 e. The first kappa shape index (κ1) is 24.2. The summed E-state index contributed by atoms with van der Waals surface area (Å²) in [5, 5.41) is 10.5. The van der Waals surface area contributed by atoms with Crippen molar-refractivity contribution in [1.29, 1.82) is 0 Å². The Bertz CT molecular complexity index is 1470. The van der Waals surface area contributed by atoms with Crippen LogP contribution in [0, 0.1) is 17.0 Å². The lowest BCUT2D eigenvalue weighted by Gasteiger charge is -2.14. The number of hydrogen-bond donors (Lipinski definition) is 0. The van der Waals surface area contributed by atoms with Crippen LogP contribution in [0.2, 0.25) is 0 Å². The minimum absolute atomic E-state index is 0.0127. The zero-order valence-corrected chi connectivity index (χ0v) is 19.9. The van der Waals surface area contributed by atoms with Crippen LogP contribution < -0.4 is 4.18 Å². The van der Waals surface area contributed by atoms with Crippen LogP contribution >= 0.6 is 11.8 Å². The van der Waals surface area contributed by atoms with Crippen molar-refractivity contribution in [2.45, 2.75) is 18.4 Å². The summed E-state index contributed by atoms with van der Waals surface area (Å²) in [5.41, 5.74) is 2.04. The molecule has 1 fully saturated rings. The molecule has 4 rings (SSSR count). The number of carbonyl (C=O) groups excluding carboxylic acids is 2. The minimum atomic E-state index is -4.29. The lowest BCUT2D eigenvalue weighted by Crippen LogP contribution is -2.27. The van der Waals surface area contributed by atoms with E-state index in [9.17, 15) is 28.1 Å². The van der Waals surface area contributed by atoms with E-state index in [1.807, 2.05) is 31.2 Å². The number of aryl methyl sites for hydroxylation is 1. The molecule has 0 bridgehead atoms. The molecule has 0 N–H and O–H groups in total. The van der Waals surface area contributed by atoms with Gasteiger partial charge in [0.2, 0.25) is 0 Å². The lowest BCUT2D eigenvalue weighted by atomic mass is 10.1. The second kappa shape index (κ2) is 9.72. The normalized spacial score (nSPS) is 15.0. The van der Waals surface area contributed by atoms with Crippen LogP contribution in [0.4, 0.5) is 10.5 Å². The third-order valence-electron chi connectivity index (χ3n) is 5.16. The van der Waals surface area contributed by atoms with Gasteiger partial charge in [0.15, 0.2) is 0 Å². The van der Waals surface area contributed by atoms with E-state index in [-0.39, 0.29) is 33.0 Å². The van der Waals surface area contributed by atoms with Crippen molar-refractivity contribution < 1.29 is 27.1 Å². The van der Waals surface area contributed by atoms with E-state index < -0.39 is 20.9 Å². The highest BCUT2D eigenvalue weighted by molar-refractivity contribution is 8.18. The number of nitro groups is 1. The first-order valence-electron chi connectivity index (χ1n) is 10.2. The Balaban J connectivity index is 1.48. The fourth-order valence-electron chi connectivity index (χ4n) is 3.29. The number of carbonyl (C=O) groups is 2. The molecule has 11 heteroatoms. The van der Waals surface area contributed by atoms with Gasteiger partial charge in [-0.25, -0.2) is 0 Å². The molecular formula is C24H18N2O7S2. The Morgan fingerprint density at radius 3 is 2.43 bits per heavy atom. The third kappa shape index (κ3) is 5.42. The Morgan fingerprint density at radius 2 is 1.74 bits per heavy atom. The summed E-state index contributed by atoms with van der Waals surface area (Å²) in [7, 11) is -4.29. The number of thioether (sulfide) groups is 1. The summed E-state index contributed by atoms with van der Waals surface area (Å²) in [5.74, 6) is -0.418. The van der Waals surface area contributed by atoms with Crippen molar-refractivity contribution in [3.05, 3.63) is 105 Å². The SMILES string of the molecule is Cc1ccccc1CN1C(=O)S/C(=C\c2ccc(OS(=O)(=O)c3cccc([N+](=O)[O-])c3)cc2)C1=O. The molecule has 0 saturated carbocycles. The number of amides is 2. The minimum Gasteiger partial charge on any atom is -0.379 e. The van der Waals surface area contributed by atoms with Crippen LogP contribution in [0.25, 0.3) is 6.08 Å². The van der Waals surface area contributed by atoms with Gasteiger partial charge in [-0.15, -0.1) is 0 Å². The molecule has 1 heterocycles. The third-order valence-corrected chi connectivity index (χ3v) is 7.31. The quantitative estimate of drug-likeness (QED) is 0.190. The monoisotopic (exact) mass is 510 g/mol. The molecule has 3 aromatic carbocycles. The molecule has 3 aromatic rings. The van der Waals surface area contributed by atoms with Crippen LogP contribution in [0.3, 0.4) is 0 Å². The fourth-order valence-corrected chi connectivity index (χ4v) is 5.10. The molecule has 1 saturated heterocycles. The molecule has 1 aliphatic heterocycles. The Labute approximate surface area is 205 Å². The van der Waals surface area contributed by atoms with Crippen LogP contribution in [-0.4, -0.2) is 29.4 Å². The first-order chi connectivity index (χ1) is 16.6. The molecule has 35 heavy (non-hydrogen) atoms. The predicted octanol–water partition coefficient (Wildman–Crippen LogP) is 4.91. The van der Waals surface area contributed by atoms with Gasteiger partial charge in [0.05, 0.1) is 16.4 Å². The van der Waals surface area contributed by atoms with Crippen LogP contribution in [0.1, 0.15) is 16.7 Å². The molecule has 0 unspecified atom stereocenters. The van der Waals surface area contributed by atoms with Gasteiger partial charge in [0.1, 0.15) is 10.6 Å². The molecule has 0 atom stereocenters. The van der Waals surface area contributed by atoms with Gasteiger partial charge >= 0.3 is 10.1 Å². The van der Waals surface area contributed by atoms with Crippen LogP contribution in [0.15, 0.2) is 82.6 Å². The summed E-state index contributed by atoms with van der Waals surface area (Å²) in [6.45, 7) is 2.09. The van der Waals surface area contributed by atoms with Gasteiger partial charge in [0, 0.05) is 12.1 Å². The Hall–Kier alpha value is -3.96. The standard InChI is InChI=1S/C24H18N2O7S2/c1-16-5-2-3-6-18(16)15-25-23(27)22(34-24(25)28)13-17-9-11-20(12-10-17)33-35(31,32)21-8-4-7-19(14-21)26(29)30/h2-14H,15H2,1H3/b22-13-. The maximum atomic E-state index is 12.8. The molecule has 0 aliphatic carbocycles. The van der Waals surface area contributed by atoms with Gasteiger partial charge < -0.3 is 4.18 Å². The summed E-state index contributed by atoms with van der Waals surface area (Å²) in [4.78, 5) is 36.5. The molecule has 9 nitrogen and oxygen atoms in total. The second-order valence-electron chi connectivity index (χ2n) is 7.56. The number of non-ortho nitro benzene ring substituents is 1. The van der Waals surface area contributed by atoms with Gasteiger partial charge in [-0.1, -0.05) is 42.5 Å². The first-order valence-corrected chi connectivity index (χ1v) is 12.5. The zero-order valence-electron chi connectivity index (χ0n) is 18.3. The van der Waals surface area contributed by atoms with Crippen molar-refractivity contribution in [2.75, 3.05) is 0 Å². The molecule has 0 radical (unpaired) electrons. The lowest BCUT2D eigenvalue weighted by molar-refractivity contribution is -0.385. The summed E-state index contributed by atoms with van der Waals surface area (Å²) in [6.07, 6.45) is 1.54. The van der Waals surface area contributed by atoms with E-state index in [0.717, 1.165) is 29.0 Å². The molecule has 178 valence electrons. The van der Waals surface area contributed by atoms with Gasteiger partial charge in [-0.3, -0.25) is 24.6 Å². The topological polar surface area (TPSA) is 124 Å². The summed E-state index contributed by atoms with van der Waals surface area (Å²) in [6, 6.07) is 17.9. The molecule has 0 spiro atoms. The summed E-state index contributed by atoms with van der Waals surface area (Å²) >= 11 is 0.833. The smallest absolute Gasteiger partial charge is 0.339 e. The van der Waals surface area contributed by atoms with Crippen molar-refractivity contribution in [3.63, 3.8) is 0 Å². The average molecular weight is 511 g/mol. The number of nitrogens with zero attached hydrogens (tertiary/aromatic N) is 2. The average Bonchev–Trinajstić information content (AvgIpc) is 3.09. The number of hydrogen-bond acceptors (Lipinski definition) is 8. The van der Waals surface area contributed by atoms with Crippen molar-refractivity contribution in [1.82, 2.24) is 4.90 Å². The van der Waals surface area contributed by atoms with Crippen LogP contribution in [-0.2, 0) is 21.5 Å². The van der Waals surface area contributed by atoms with Gasteiger partial charge in [-0.05, 0) is 59.7 Å². The van der Waals surface area contributed by atoms with Crippen LogP contribution in [0.5, 0.6) is 5.75 Å². The van der Waals surface area contributed by atoms with E-state index in [2.05, 4.69) is 0 Å². The van der Waals surface area contributed by atoms with E-state index in [4.69, 9.17) is 4.18 Å². The van der Waals surface area contributed by atoms with Crippen molar-refractivity contribution in [3.8, 4) is 5.75 Å². The highest BCUT2D eigenvalue weighted by Crippen LogP contribution is 2.34. The maximum absolute atomic E-state index is 12.8. The highest BCUT2D eigenvalue weighted by atomic mass is 32.2.